The van der Waals surface area contributed by atoms with Crippen LogP contribution in [0.25, 0.3) is 0 Å². The molecule has 1 amide bonds. The number of hydrogen-bond acceptors (Lipinski definition) is 2. The molecule has 2 aliphatic carbocycles. The van der Waals surface area contributed by atoms with E-state index in [9.17, 15) is 4.79 Å². The van der Waals surface area contributed by atoms with Crippen molar-refractivity contribution in [1.29, 1.82) is 0 Å². The van der Waals surface area contributed by atoms with Crippen LogP contribution in [0.1, 0.15) is 25.7 Å². The minimum Gasteiger partial charge on any atom is -0.323 e. The predicted octanol–water partition coefficient (Wildman–Crippen LogP) is 3.87. The van der Waals surface area contributed by atoms with Gasteiger partial charge < -0.3 is 5.32 Å². The molecule has 2 fully saturated rings. The second-order valence-electron chi connectivity index (χ2n) is 5.12. The number of rotatable bonds is 2. The summed E-state index contributed by atoms with van der Waals surface area (Å²) in [6.45, 7) is 0. The van der Waals surface area contributed by atoms with Gasteiger partial charge in [0.05, 0.1) is 5.69 Å². The molecule has 3 nitrogen and oxygen atoms in total. The Morgan fingerprint density at radius 2 is 2.06 bits per heavy atom. The summed E-state index contributed by atoms with van der Waals surface area (Å²) in [7, 11) is 0. The van der Waals surface area contributed by atoms with Crippen molar-refractivity contribution in [3.05, 3.63) is 21.9 Å². The third-order valence-electron chi connectivity index (χ3n) is 4.02. The van der Waals surface area contributed by atoms with Gasteiger partial charge in [-0.05, 0) is 46.7 Å². The Balaban J connectivity index is 1.69. The van der Waals surface area contributed by atoms with E-state index in [1.54, 1.807) is 12.3 Å². The standard InChI is InChI=1S/C13H14BrClN2O/c14-7-5-10(12(15)16-6-7)17-13(18)11-8-3-1-2-4-9(8)11/h5-6,8-9,11H,1-4H2,(H,17,18). The fraction of sp³-hybridized carbons (Fsp3) is 0.538. The van der Waals surface area contributed by atoms with Crippen LogP contribution < -0.4 is 5.32 Å². The summed E-state index contributed by atoms with van der Waals surface area (Å²) in [6.07, 6.45) is 6.56. The van der Waals surface area contributed by atoms with Crippen LogP contribution in [0, 0.1) is 17.8 Å². The number of halogens is 2. The van der Waals surface area contributed by atoms with Gasteiger partial charge in [0.15, 0.2) is 5.15 Å². The van der Waals surface area contributed by atoms with Gasteiger partial charge in [0, 0.05) is 16.6 Å². The van der Waals surface area contributed by atoms with Crippen molar-refractivity contribution in [3.63, 3.8) is 0 Å². The van der Waals surface area contributed by atoms with Crippen LogP contribution in [0.4, 0.5) is 5.69 Å². The van der Waals surface area contributed by atoms with Crippen molar-refractivity contribution >= 4 is 39.1 Å². The third-order valence-corrected chi connectivity index (χ3v) is 4.76. The van der Waals surface area contributed by atoms with E-state index in [1.165, 1.54) is 25.7 Å². The van der Waals surface area contributed by atoms with Gasteiger partial charge in [-0.1, -0.05) is 24.4 Å². The Morgan fingerprint density at radius 1 is 1.39 bits per heavy atom. The van der Waals surface area contributed by atoms with Gasteiger partial charge >= 0.3 is 0 Å². The Morgan fingerprint density at radius 3 is 2.72 bits per heavy atom. The number of nitrogens with one attached hydrogen (secondary N) is 1. The van der Waals surface area contributed by atoms with Crippen molar-refractivity contribution in [2.45, 2.75) is 25.7 Å². The van der Waals surface area contributed by atoms with Crippen molar-refractivity contribution in [1.82, 2.24) is 4.98 Å². The highest BCUT2D eigenvalue weighted by atomic mass is 79.9. The fourth-order valence-corrected chi connectivity index (χ4v) is 3.59. The number of pyridine rings is 1. The SMILES string of the molecule is O=C(Nc1cc(Br)cnc1Cl)C1C2CCCCC21. The molecule has 0 bridgehead atoms. The van der Waals surface area contributed by atoms with Crippen LogP contribution in [-0.2, 0) is 4.79 Å². The van der Waals surface area contributed by atoms with E-state index in [0.717, 1.165) is 4.47 Å². The van der Waals surface area contributed by atoms with E-state index in [0.29, 0.717) is 22.7 Å². The Labute approximate surface area is 119 Å². The van der Waals surface area contributed by atoms with Crippen molar-refractivity contribution in [2.75, 3.05) is 5.32 Å². The summed E-state index contributed by atoms with van der Waals surface area (Å²) >= 11 is 9.30. The largest absolute Gasteiger partial charge is 0.323 e. The molecule has 0 radical (unpaired) electrons. The van der Waals surface area contributed by atoms with Crippen molar-refractivity contribution in [2.24, 2.45) is 17.8 Å². The molecule has 1 aromatic rings. The van der Waals surface area contributed by atoms with Gasteiger partial charge in [-0.25, -0.2) is 4.98 Å². The molecule has 1 N–H and O–H groups in total. The Kier molecular flexibility index (Phi) is 3.32. The van der Waals surface area contributed by atoms with Crippen LogP contribution in [0.5, 0.6) is 0 Å². The number of fused-ring (bicyclic) bond motifs is 1. The summed E-state index contributed by atoms with van der Waals surface area (Å²) < 4.78 is 0.815. The topological polar surface area (TPSA) is 42.0 Å². The lowest BCUT2D eigenvalue weighted by atomic mass is 10.0. The van der Waals surface area contributed by atoms with Gasteiger partial charge in [0.1, 0.15) is 0 Å². The number of amides is 1. The normalized spacial score (nSPS) is 29.6. The Bertz CT molecular complexity index is 482. The number of carbonyl (C=O) groups is 1. The molecule has 0 spiro atoms. The van der Waals surface area contributed by atoms with Crippen molar-refractivity contribution in [3.8, 4) is 0 Å². The van der Waals surface area contributed by atoms with Gasteiger partial charge in [-0.3, -0.25) is 4.79 Å². The van der Waals surface area contributed by atoms with Crippen LogP contribution in [0.3, 0.4) is 0 Å². The van der Waals surface area contributed by atoms with Crippen molar-refractivity contribution < 1.29 is 4.79 Å². The number of anilines is 1. The smallest absolute Gasteiger partial charge is 0.228 e. The van der Waals surface area contributed by atoms with E-state index >= 15 is 0 Å². The van der Waals surface area contributed by atoms with Gasteiger partial charge in [0.2, 0.25) is 5.91 Å². The summed E-state index contributed by atoms with van der Waals surface area (Å²) in [5.74, 6) is 1.52. The molecule has 18 heavy (non-hydrogen) atoms. The minimum absolute atomic E-state index is 0.105. The monoisotopic (exact) mass is 328 g/mol. The first-order valence-corrected chi connectivity index (χ1v) is 7.46. The molecule has 2 saturated carbocycles. The molecule has 3 rings (SSSR count). The van der Waals surface area contributed by atoms with Gasteiger partial charge in [-0.2, -0.15) is 0 Å². The average molecular weight is 330 g/mol. The molecule has 2 unspecified atom stereocenters. The zero-order valence-electron chi connectivity index (χ0n) is 9.83. The molecular formula is C13H14BrClN2O. The maximum absolute atomic E-state index is 12.2. The summed E-state index contributed by atoms with van der Waals surface area (Å²) in [4.78, 5) is 16.2. The van der Waals surface area contributed by atoms with Crippen LogP contribution in [-0.4, -0.2) is 10.9 Å². The highest BCUT2D eigenvalue weighted by Crippen LogP contribution is 2.55. The molecule has 1 aromatic heterocycles. The Hall–Kier alpha value is -0.610. The van der Waals surface area contributed by atoms with E-state index in [2.05, 4.69) is 26.2 Å². The van der Waals surface area contributed by atoms with E-state index < -0.39 is 0 Å². The zero-order chi connectivity index (χ0) is 12.7. The number of aromatic nitrogens is 1. The molecule has 0 aliphatic heterocycles. The molecular weight excluding hydrogens is 316 g/mol. The second-order valence-corrected chi connectivity index (χ2v) is 6.39. The first kappa shape index (κ1) is 12.4. The number of nitrogens with zero attached hydrogens (tertiary/aromatic N) is 1. The van der Waals surface area contributed by atoms with E-state index in [4.69, 9.17) is 11.6 Å². The number of hydrogen-bond donors (Lipinski definition) is 1. The lowest BCUT2D eigenvalue weighted by molar-refractivity contribution is -0.117. The highest BCUT2D eigenvalue weighted by molar-refractivity contribution is 9.10. The van der Waals surface area contributed by atoms with Gasteiger partial charge in [-0.15, -0.1) is 0 Å². The zero-order valence-corrected chi connectivity index (χ0v) is 12.2. The van der Waals surface area contributed by atoms with E-state index in [-0.39, 0.29) is 11.8 Å². The van der Waals surface area contributed by atoms with Crippen LogP contribution in [0.15, 0.2) is 16.7 Å². The first-order chi connectivity index (χ1) is 8.66. The predicted molar refractivity (Wildman–Crippen MR) is 74.5 cm³/mol. The summed E-state index contributed by atoms with van der Waals surface area (Å²) in [5, 5.41) is 3.25. The number of carbonyl (C=O) groups excluding carboxylic acids is 1. The second kappa shape index (κ2) is 4.82. The lowest BCUT2D eigenvalue weighted by Crippen LogP contribution is -2.16. The van der Waals surface area contributed by atoms with Crippen LogP contribution in [0.2, 0.25) is 5.15 Å². The summed E-state index contributed by atoms with van der Waals surface area (Å²) in [6, 6.07) is 1.79. The molecule has 1 heterocycles. The average Bonchev–Trinajstić information content (AvgIpc) is 3.08. The first-order valence-electron chi connectivity index (χ1n) is 6.29. The minimum atomic E-state index is 0.105. The molecule has 2 aliphatic rings. The molecule has 0 aromatic carbocycles. The maximum atomic E-state index is 12.2. The maximum Gasteiger partial charge on any atom is 0.228 e. The summed E-state index contributed by atoms with van der Waals surface area (Å²) in [5.41, 5.74) is 0.597. The lowest BCUT2D eigenvalue weighted by Gasteiger charge is -2.06. The molecule has 0 saturated heterocycles. The quantitative estimate of drug-likeness (QED) is 0.837. The van der Waals surface area contributed by atoms with E-state index in [1.807, 2.05) is 0 Å². The molecule has 96 valence electrons. The van der Waals surface area contributed by atoms with Crippen LogP contribution >= 0.6 is 27.5 Å². The molecule has 5 heteroatoms. The third kappa shape index (κ3) is 2.28. The highest BCUT2D eigenvalue weighted by Gasteiger charge is 2.54. The van der Waals surface area contributed by atoms with Gasteiger partial charge in [0.25, 0.3) is 0 Å². The molecule has 2 atom stereocenters. The fourth-order valence-electron chi connectivity index (χ4n) is 3.11.